The maximum Gasteiger partial charge on any atom is 0.336 e. The van der Waals surface area contributed by atoms with Crippen molar-refractivity contribution < 1.29 is 8.83 Å². The predicted octanol–water partition coefficient (Wildman–Crippen LogP) is 3.93. The smallest absolute Gasteiger partial charge is 0.336 e. The van der Waals surface area contributed by atoms with E-state index in [0.29, 0.717) is 17.9 Å². The van der Waals surface area contributed by atoms with E-state index < -0.39 is 0 Å². The number of hydrogen-bond acceptors (Lipinski definition) is 6. The second-order valence-corrected chi connectivity index (χ2v) is 7.03. The van der Waals surface area contributed by atoms with Gasteiger partial charge in [0.2, 0.25) is 0 Å². The van der Waals surface area contributed by atoms with Gasteiger partial charge in [0.25, 0.3) is 0 Å². The van der Waals surface area contributed by atoms with E-state index in [1.54, 1.807) is 18.7 Å². The molecule has 0 unspecified atom stereocenters. The molecule has 0 bridgehead atoms. The summed E-state index contributed by atoms with van der Waals surface area (Å²) >= 11 is 1.53. The van der Waals surface area contributed by atoms with Crippen LogP contribution in [0, 0.1) is 13.8 Å². The fourth-order valence-electron chi connectivity index (χ4n) is 2.82. The molecule has 3 aromatic heterocycles. The topological polar surface area (TPSA) is 74.1 Å². The third-order valence-corrected chi connectivity index (χ3v) is 5.39. The molecule has 0 aliphatic heterocycles. The lowest BCUT2D eigenvalue weighted by Crippen LogP contribution is -2.03. The Kier molecular flexibility index (Phi) is 4.38. The highest BCUT2D eigenvalue weighted by molar-refractivity contribution is 7.98. The Morgan fingerprint density at radius 2 is 2.12 bits per heavy atom. The average molecular weight is 367 g/mol. The quantitative estimate of drug-likeness (QED) is 0.393. The van der Waals surface area contributed by atoms with E-state index in [4.69, 9.17) is 8.83 Å². The van der Waals surface area contributed by atoms with Gasteiger partial charge in [-0.2, -0.15) is 0 Å². The van der Waals surface area contributed by atoms with Gasteiger partial charge in [-0.05, 0) is 42.7 Å². The van der Waals surface area contributed by atoms with Crippen molar-refractivity contribution in [2.75, 3.05) is 0 Å². The third-order valence-electron chi connectivity index (χ3n) is 4.36. The first-order chi connectivity index (χ1) is 12.6. The molecule has 4 aromatic rings. The van der Waals surface area contributed by atoms with Crippen LogP contribution in [-0.4, -0.2) is 14.8 Å². The molecule has 0 atom stereocenters. The van der Waals surface area contributed by atoms with Gasteiger partial charge in [-0.25, -0.2) is 4.79 Å². The normalized spacial score (nSPS) is 11.3. The summed E-state index contributed by atoms with van der Waals surface area (Å²) in [6.07, 6.45) is 3.32. The van der Waals surface area contributed by atoms with Crippen LogP contribution >= 0.6 is 11.8 Å². The number of aromatic nitrogens is 3. The van der Waals surface area contributed by atoms with Crippen LogP contribution in [0.3, 0.4) is 0 Å². The molecule has 6 nitrogen and oxygen atoms in total. The summed E-state index contributed by atoms with van der Waals surface area (Å²) in [5.74, 6) is 1.44. The van der Waals surface area contributed by atoms with Crippen molar-refractivity contribution in [3.63, 3.8) is 0 Å². The van der Waals surface area contributed by atoms with Crippen molar-refractivity contribution >= 4 is 22.7 Å². The van der Waals surface area contributed by atoms with E-state index in [9.17, 15) is 4.79 Å². The highest BCUT2D eigenvalue weighted by Gasteiger charge is 2.12. The summed E-state index contributed by atoms with van der Waals surface area (Å²) in [5, 5.41) is 9.90. The van der Waals surface area contributed by atoms with E-state index in [1.165, 1.54) is 11.8 Å². The van der Waals surface area contributed by atoms with Crippen LogP contribution in [0.4, 0.5) is 0 Å². The highest BCUT2D eigenvalue weighted by atomic mass is 32.2. The van der Waals surface area contributed by atoms with Crippen LogP contribution in [-0.2, 0) is 12.3 Å². The first kappa shape index (κ1) is 16.7. The van der Waals surface area contributed by atoms with E-state index in [2.05, 4.69) is 10.2 Å². The maximum atomic E-state index is 12.0. The molecule has 26 heavy (non-hydrogen) atoms. The van der Waals surface area contributed by atoms with Gasteiger partial charge in [0.05, 0.1) is 12.8 Å². The predicted molar refractivity (Wildman–Crippen MR) is 99.4 cm³/mol. The van der Waals surface area contributed by atoms with Crippen LogP contribution in [0.5, 0.6) is 0 Å². The van der Waals surface area contributed by atoms with Gasteiger partial charge in [-0.15, -0.1) is 10.2 Å². The van der Waals surface area contributed by atoms with Crippen LogP contribution in [0.2, 0.25) is 0 Å². The zero-order chi connectivity index (χ0) is 18.1. The van der Waals surface area contributed by atoms with Crippen molar-refractivity contribution in [1.82, 2.24) is 14.8 Å². The van der Waals surface area contributed by atoms with E-state index in [1.807, 2.05) is 42.7 Å². The van der Waals surface area contributed by atoms with Crippen molar-refractivity contribution in [3.05, 3.63) is 75.8 Å². The van der Waals surface area contributed by atoms with Crippen LogP contribution in [0.25, 0.3) is 11.0 Å². The minimum absolute atomic E-state index is 0.334. The van der Waals surface area contributed by atoms with Gasteiger partial charge in [0.15, 0.2) is 5.16 Å². The van der Waals surface area contributed by atoms with Crippen LogP contribution in [0.15, 0.2) is 61.7 Å². The second kappa shape index (κ2) is 6.84. The number of fused-ring (bicyclic) bond motifs is 1. The standard InChI is InChI=1S/C19H17N3O3S/c1-12-5-6-16-14(8-17(23)25-18(16)13(12)2)10-26-19-21-20-11-22(19)9-15-4-3-7-24-15/h3-8,11H,9-10H2,1-2H3. The Morgan fingerprint density at radius 3 is 2.92 bits per heavy atom. The van der Waals surface area contributed by atoms with Gasteiger partial charge in [0, 0.05) is 17.2 Å². The Labute approximate surface area is 153 Å². The Bertz CT molecular complexity index is 1110. The molecule has 0 radical (unpaired) electrons. The molecule has 132 valence electrons. The molecule has 0 N–H and O–H groups in total. The average Bonchev–Trinajstić information content (AvgIpc) is 3.29. The molecular formula is C19H17N3O3S. The van der Waals surface area contributed by atoms with Crippen molar-refractivity contribution in [2.45, 2.75) is 31.3 Å². The molecule has 4 rings (SSSR count). The molecule has 0 amide bonds. The lowest BCUT2D eigenvalue weighted by Gasteiger charge is -2.09. The first-order valence-corrected chi connectivity index (χ1v) is 9.16. The number of rotatable bonds is 5. The summed E-state index contributed by atoms with van der Waals surface area (Å²) in [7, 11) is 0. The monoisotopic (exact) mass is 367 g/mol. The zero-order valence-corrected chi connectivity index (χ0v) is 15.2. The van der Waals surface area contributed by atoms with Crippen LogP contribution < -0.4 is 5.63 Å². The molecule has 0 saturated heterocycles. The molecule has 0 fully saturated rings. The molecule has 1 aromatic carbocycles. The van der Waals surface area contributed by atoms with E-state index >= 15 is 0 Å². The number of thioether (sulfide) groups is 1. The van der Waals surface area contributed by atoms with E-state index in [-0.39, 0.29) is 5.63 Å². The number of benzene rings is 1. The molecule has 0 spiro atoms. The second-order valence-electron chi connectivity index (χ2n) is 6.08. The number of nitrogens with zero attached hydrogens (tertiary/aromatic N) is 3. The summed E-state index contributed by atoms with van der Waals surface area (Å²) in [6.45, 7) is 4.54. The SMILES string of the molecule is Cc1ccc2c(CSc3nncn3Cc3ccco3)cc(=O)oc2c1C. The van der Waals surface area contributed by atoms with Gasteiger partial charge >= 0.3 is 5.63 Å². The minimum Gasteiger partial charge on any atom is -0.467 e. The summed E-state index contributed by atoms with van der Waals surface area (Å²) in [5.41, 5.74) is 3.34. The molecule has 0 aliphatic rings. The largest absolute Gasteiger partial charge is 0.467 e. The first-order valence-electron chi connectivity index (χ1n) is 8.18. The molecule has 0 saturated carbocycles. The Hall–Kier alpha value is -2.80. The highest BCUT2D eigenvalue weighted by Crippen LogP contribution is 2.28. The van der Waals surface area contributed by atoms with Gasteiger partial charge in [0.1, 0.15) is 17.7 Å². The molecular weight excluding hydrogens is 350 g/mol. The summed E-state index contributed by atoms with van der Waals surface area (Å²) in [4.78, 5) is 12.0. The maximum absolute atomic E-state index is 12.0. The van der Waals surface area contributed by atoms with Gasteiger partial charge < -0.3 is 13.4 Å². The van der Waals surface area contributed by atoms with Crippen molar-refractivity contribution in [3.8, 4) is 0 Å². The fraction of sp³-hybridized carbons (Fsp3) is 0.211. The van der Waals surface area contributed by atoms with Crippen LogP contribution in [0.1, 0.15) is 22.5 Å². The summed E-state index contributed by atoms with van der Waals surface area (Å²) in [6, 6.07) is 9.37. The molecule has 0 aliphatic carbocycles. The zero-order valence-electron chi connectivity index (χ0n) is 14.4. The molecule has 3 heterocycles. The third kappa shape index (κ3) is 3.17. The van der Waals surface area contributed by atoms with E-state index in [0.717, 1.165) is 33.0 Å². The lowest BCUT2D eigenvalue weighted by atomic mass is 10.0. The van der Waals surface area contributed by atoms with Gasteiger partial charge in [-0.1, -0.05) is 23.9 Å². The Morgan fingerprint density at radius 1 is 1.23 bits per heavy atom. The van der Waals surface area contributed by atoms with Gasteiger partial charge in [-0.3, -0.25) is 0 Å². The lowest BCUT2D eigenvalue weighted by molar-refractivity contribution is 0.484. The van der Waals surface area contributed by atoms with Crippen molar-refractivity contribution in [2.24, 2.45) is 0 Å². The molecule has 7 heteroatoms. The van der Waals surface area contributed by atoms with Crippen molar-refractivity contribution in [1.29, 1.82) is 0 Å². The number of aryl methyl sites for hydroxylation is 2. The fourth-order valence-corrected chi connectivity index (χ4v) is 3.73. The Balaban J connectivity index is 1.62. The number of hydrogen-bond donors (Lipinski definition) is 0. The number of furan rings is 1. The minimum atomic E-state index is -0.334. The summed E-state index contributed by atoms with van der Waals surface area (Å²) < 4.78 is 12.7.